The maximum absolute atomic E-state index is 12.2. The van der Waals surface area contributed by atoms with E-state index in [0.29, 0.717) is 12.1 Å². The van der Waals surface area contributed by atoms with Crippen molar-refractivity contribution in [2.45, 2.75) is 20.4 Å². The van der Waals surface area contributed by atoms with Gasteiger partial charge in [-0.1, -0.05) is 18.2 Å². The summed E-state index contributed by atoms with van der Waals surface area (Å²) >= 11 is 1.58. The number of aromatic nitrogens is 1. The number of amides is 1. The molecule has 4 heteroatoms. The molecular formula is C17H16N2OS. The Bertz CT molecular complexity index is 807. The fraction of sp³-hybridized carbons (Fsp3) is 0.176. The molecule has 0 fully saturated rings. The van der Waals surface area contributed by atoms with Gasteiger partial charge in [0.25, 0.3) is 5.91 Å². The molecule has 0 atom stereocenters. The Morgan fingerprint density at radius 2 is 2.00 bits per heavy atom. The number of carbonyl (C=O) groups is 1. The number of carbonyl (C=O) groups excluding carboxylic acids is 1. The fourth-order valence-corrected chi connectivity index (χ4v) is 2.86. The molecule has 3 rings (SSSR count). The number of fused-ring (bicyclic) bond motifs is 1. The predicted molar refractivity (Wildman–Crippen MR) is 86.7 cm³/mol. The quantitative estimate of drug-likeness (QED) is 0.798. The van der Waals surface area contributed by atoms with Crippen LogP contribution in [0.4, 0.5) is 0 Å². The minimum atomic E-state index is -0.0665. The van der Waals surface area contributed by atoms with E-state index in [0.717, 1.165) is 15.8 Å². The average molecular weight is 296 g/mol. The van der Waals surface area contributed by atoms with Crippen LogP contribution in [0.1, 0.15) is 27.0 Å². The monoisotopic (exact) mass is 296 g/mol. The van der Waals surface area contributed by atoms with Gasteiger partial charge in [0.15, 0.2) is 0 Å². The average Bonchev–Trinajstić information content (AvgIpc) is 2.95. The van der Waals surface area contributed by atoms with Crippen LogP contribution in [0.2, 0.25) is 0 Å². The zero-order valence-electron chi connectivity index (χ0n) is 12.0. The minimum Gasteiger partial charge on any atom is -0.348 e. The van der Waals surface area contributed by atoms with Gasteiger partial charge in [-0.25, -0.2) is 4.98 Å². The number of hydrogen-bond acceptors (Lipinski definition) is 3. The van der Waals surface area contributed by atoms with Gasteiger partial charge >= 0.3 is 0 Å². The smallest absolute Gasteiger partial charge is 0.251 e. The molecule has 0 aliphatic heterocycles. The van der Waals surface area contributed by atoms with Crippen LogP contribution in [-0.4, -0.2) is 10.9 Å². The SMILES string of the molecule is Cc1ccc(CNC(=O)c2ccc3scnc3c2)cc1C. The second-order valence-electron chi connectivity index (χ2n) is 5.14. The van der Waals surface area contributed by atoms with E-state index in [4.69, 9.17) is 0 Å². The van der Waals surface area contributed by atoms with Crippen LogP contribution < -0.4 is 5.32 Å². The maximum atomic E-state index is 12.2. The van der Waals surface area contributed by atoms with E-state index < -0.39 is 0 Å². The van der Waals surface area contributed by atoms with Gasteiger partial charge in [0.1, 0.15) is 0 Å². The topological polar surface area (TPSA) is 42.0 Å². The summed E-state index contributed by atoms with van der Waals surface area (Å²) < 4.78 is 1.10. The van der Waals surface area contributed by atoms with Crippen LogP contribution in [0.15, 0.2) is 41.9 Å². The molecule has 1 amide bonds. The van der Waals surface area contributed by atoms with Gasteiger partial charge in [0, 0.05) is 12.1 Å². The molecule has 0 aliphatic carbocycles. The van der Waals surface area contributed by atoms with Crippen molar-refractivity contribution in [2.75, 3.05) is 0 Å². The lowest BCUT2D eigenvalue weighted by Crippen LogP contribution is -2.22. The van der Waals surface area contributed by atoms with Crippen molar-refractivity contribution >= 4 is 27.5 Å². The van der Waals surface area contributed by atoms with E-state index >= 15 is 0 Å². The van der Waals surface area contributed by atoms with Crippen molar-refractivity contribution in [2.24, 2.45) is 0 Å². The molecule has 106 valence electrons. The first-order valence-electron chi connectivity index (χ1n) is 6.81. The van der Waals surface area contributed by atoms with E-state index in [1.165, 1.54) is 11.1 Å². The predicted octanol–water partition coefficient (Wildman–Crippen LogP) is 3.84. The highest BCUT2D eigenvalue weighted by Gasteiger charge is 2.07. The van der Waals surface area contributed by atoms with Crippen LogP contribution in [0, 0.1) is 13.8 Å². The zero-order chi connectivity index (χ0) is 14.8. The Morgan fingerprint density at radius 3 is 2.81 bits per heavy atom. The first-order valence-corrected chi connectivity index (χ1v) is 7.69. The Balaban J connectivity index is 1.72. The van der Waals surface area contributed by atoms with Crippen molar-refractivity contribution in [1.82, 2.24) is 10.3 Å². The molecular weight excluding hydrogens is 280 g/mol. The summed E-state index contributed by atoms with van der Waals surface area (Å²) in [6.45, 7) is 4.70. The second-order valence-corrected chi connectivity index (χ2v) is 6.02. The van der Waals surface area contributed by atoms with Crippen molar-refractivity contribution in [3.63, 3.8) is 0 Å². The van der Waals surface area contributed by atoms with Crippen molar-refractivity contribution in [1.29, 1.82) is 0 Å². The minimum absolute atomic E-state index is 0.0665. The standard InChI is InChI=1S/C17H16N2OS/c1-11-3-4-13(7-12(11)2)9-18-17(20)14-5-6-16-15(8-14)19-10-21-16/h3-8,10H,9H2,1-2H3,(H,18,20). The number of hydrogen-bond donors (Lipinski definition) is 1. The summed E-state index contributed by atoms with van der Waals surface area (Å²) in [5, 5.41) is 2.96. The molecule has 0 radical (unpaired) electrons. The Labute approximate surface area is 127 Å². The molecule has 3 nitrogen and oxygen atoms in total. The number of nitrogens with zero attached hydrogens (tertiary/aromatic N) is 1. The molecule has 0 bridgehead atoms. The highest BCUT2D eigenvalue weighted by molar-refractivity contribution is 7.16. The number of thiazole rings is 1. The summed E-state index contributed by atoms with van der Waals surface area (Å²) in [5.41, 5.74) is 6.93. The first-order chi connectivity index (χ1) is 10.1. The normalized spacial score (nSPS) is 10.8. The Kier molecular flexibility index (Phi) is 3.71. The molecule has 1 heterocycles. The largest absolute Gasteiger partial charge is 0.348 e. The van der Waals surface area contributed by atoms with Crippen molar-refractivity contribution in [3.05, 3.63) is 64.2 Å². The first kappa shape index (κ1) is 13.8. The lowest BCUT2D eigenvalue weighted by Gasteiger charge is -2.07. The number of aryl methyl sites for hydroxylation is 2. The third-order valence-electron chi connectivity index (χ3n) is 3.62. The van der Waals surface area contributed by atoms with Gasteiger partial charge in [-0.15, -0.1) is 11.3 Å². The summed E-state index contributed by atoms with van der Waals surface area (Å²) in [6.07, 6.45) is 0. The third-order valence-corrected chi connectivity index (χ3v) is 4.43. The highest BCUT2D eigenvalue weighted by atomic mass is 32.1. The highest BCUT2D eigenvalue weighted by Crippen LogP contribution is 2.19. The van der Waals surface area contributed by atoms with Crippen molar-refractivity contribution in [3.8, 4) is 0 Å². The molecule has 0 spiro atoms. The Hall–Kier alpha value is -2.20. The molecule has 0 saturated carbocycles. The molecule has 3 aromatic rings. The molecule has 0 unspecified atom stereocenters. The van der Waals surface area contributed by atoms with Gasteiger partial charge in [-0.05, 0) is 48.7 Å². The molecule has 0 aliphatic rings. The molecule has 1 N–H and O–H groups in total. The van der Waals surface area contributed by atoms with Crippen LogP contribution in [-0.2, 0) is 6.54 Å². The molecule has 2 aromatic carbocycles. The van der Waals surface area contributed by atoms with Crippen LogP contribution >= 0.6 is 11.3 Å². The van der Waals surface area contributed by atoms with E-state index in [1.807, 2.05) is 24.3 Å². The maximum Gasteiger partial charge on any atom is 0.251 e. The van der Waals surface area contributed by atoms with Gasteiger partial charge < -0.3 is 5.32 Å². The van der Waals surface area contributed by atoms with Crippen LogP contribution in [0.25, 0.3) is 10.2 Å². The number of rotatable bonds is 3. The summed E-state index contributed by atoms with van der Waals surface area (Å²) in [7, 11) is 0. The summed E-state index contributed by atoms with van der Waals surface area (Å²) in [4.78, 5) is 16.4. The second kappa shape index (κ2) is 5.66. The van der Waals surface area contributed by atoms with Gasteiger partial charge in [-0.3, -0.25) is 4.79 Å². The van der Waals surface area contributed by atoms with E-state index in [-0.39, 0.29) is 5.91 Å². The van der Waals surface area contributed by atoms with Crippen LogP contribution in [0.5, 0.6) is 0 Å². The summed E-state index contributed by atoms with van der Waals surface area (Å²) in [5.74, 6) is -0.0665. The lowest BCUT2D eigenvalue weighted by molar-refractivity contribution is 0.0951. The zero-order valence-corrected chi connectivity index (χ0v) is 12.8. The molecule has 21 heavy (non-hydrogen) atoms. The van der Waals surface area contributed by atoms with Gasteiger partial charge in [0.2, 0.25) is 0 Å². The van der Waals surface area contributed by atoms with Crippen LogP contribution in [0.3, 0.4) is 0 Å². The van der Waals surface area contributed by atoms with Gasteiger partial charge in [-0.2, -0.15) is 0 Å². The molecule has 0 saturated heterocycles. The van der Waals surface area contributed by atoms with Gasteiger partial charge in [0.05, 0.1) is 15.7 Å². The lowest BCUT2D eigenvalue weighted by atomic mass is 10.1. The Morgan fingerprint density at radius 1 is 1.14 bits per heavy atom. The third kappa shape index (κ3) is 2.95. The number of nitrogens with one attached hydrogen (secondary N) is 1. The number of benzene rings is 2. The molecule has 1 aromatic heterocycles. The van der Waals surface area contributed by atoms with E-state index in [9.17, 15) is 4.79 Å². The summed E-state index contributed by atoms with van der Waals surface area (Å²) in [6, 6.07) is 11.9. The van der Waals surface area contributed by atoms with E-state index in [2.05, 4.69) is 36.3 Å². The van der Waals surface area contributed by atoms with Crippen molar-refractivity contribution < 1.29 is 4.79 Å². The fourth-order valence-electron chi connectivity index (χ4n) is 2.20. The van der Waals surface area contributed by atoms with E-state index in [1.54, 1.807) is 16.8 Å².